The summed E-state index contributed by atoms with van der Waals surface area (Å²) in [6, 6.07) is 30.6. The Balaban J connectivity index is 1.90. The topological polar surface area (TPSA) is 4.93 Å². The van der Waals surface area contributed by atoms with E-state index in [1.807, 2.05) is 11.3 Å². The predicted molar refractivity (Wildman–Crippen MR) is 118 cm³/mol. The van der Waals surface area contributed by atoms with Crippen molar-refractivity contribution in [3.63, 3.8) is 0 Å². The molecule has 0 N–H and O–H groups in total. The number of benzene rings is 4. The van der Waals surface area contributed by atoms with E-state index >= 15 is 0 Å². The molecule has 6 rings (SSSR count). The second kappa shape index (κ2) is 5.45. The summed E-state index contributed by atoms with van der Waals surface area (Å²) in [6.07, 6.45) is 0. The molecule has 27 heavy (non-hydrogen) atoms. The first kappa shape index (κ1) is 15.0. The van der Waals surface area contributed by atoms with Gasteiger partial charge in [0.1, 0.15) is 0 Å². The highest BCUT2D eigenvalue weighted by atomic mass is 32.1. The third-order valence-electron chi connectivity index (χ3n) is 5.57. The zero-order valence-corrected chi connectivity index (χ0v) is 15.8. The number of hydrogen-bond donors (Lipinski definition) is 0. The molecule has 128 valence electrons. The van der Waals surface area contributed by atoms with E-state index in [1.165, 1.54) is 53.2 Å². The lowest BCUT2D eigenvalue weighted by atomic mass is 10.0. The fourth-order valence-electron chi connectivity index (χ4n) is 4.45. The lowest BCUT2D eigenvalue weighted by Gasteiger charge is -2.08. The smallest absolute Gasteiger partial charge is 0.0558 e. The molecule has 0 radical (unpaired) electrons. The van der Waals surface area contributed by atoms with E-state index in [-0.39, 0.29) is 0 Å². The number of para-hydroxylation sites is 2. The molecule has 0 atom stereocenters. The SMILES string of the molecule is Cc1c2c(cc3c1c1ccccc1n3-c1ccccc1)sc1ccccc12. The summed E-state index contributed by atoms with van der Waals surface area (Å²) in [6.45, 7) is 2.28. The fourth-order valence-corrected chi connectivity index (χ4v) is 5.65. The predicted octanol–water partition coefficient (Wildman–Crippen LogP) is 7.46. The Bertz CT molecular complexity index is 1470. The molecule has 0 saturated heterocycles. The first-order chi connectivity index (χ1) is 13.3. The Morgan fingerprint density at radius 1 is 0.630 bits per heavy atom. The number of aryl methyl sites for hydroxylation is 1. The highest BCUT2D eigenvalue weighted by molar-refractivity contribution is 7.25. The Labute approximate surface area is 161 Å². The van der Waals surface area contributed by atoms with Crippen LogP contribution in [0.15, 0.2) is 84.9 Å². The minimum absolute atomic E-state index is 1.21. The van der Waals surface area contributed by atoms with E-state index < -0.39 is 0 Å². The number of thiophene rings is 1. The zero-order valence-electron chi connectivity index (χ0n) is 14.9. The summed E-state index contributed by atoms with van der Waals surface area (Å²) < 4.78 is 5.13. The van der Waals surface area contributed by atoms with Crippen LogP contribution in [0.25, 0.3) is 47.7 Å². The molecule has 1 nitrogen and oxygen atoms in total. The Morgan fingerprint density at radius 3 is 2.19 bits per heavy atom. The Kier molecular flexibility index (Phi) is 3.03. The van der Waals surface area contributed by atoms with Crippen LogP contribution in [0.2, 0.25) is 0 Å². The van der Waals surface area contributed by atoms with Gasteiger partial charge in [0.15, 0.2) is 0 Å². The molecular formula is C25H17NS. The minimum atomic E-state index is 1.21. The summed E-state index contributed by atoms with van der Waals surface area (Å²) in [5, 5.41) is 5.46. The molecule has 0 aliphatic carbocycles. The summed E-state index contributed by atoms with van der Waals surface area (Å²) >= 11 is 1.89. The average Bonchev–Trinajstić information content (AvgIpc) is 3.24. The van der Waals surface area contributed by atoms with E-state index in [9.17, 15) is 0 Å². The maximum Gasteiger partial charge on any atom is 0.0558 e. The Morgan fingerprint density at radius 2 is 1.33 bits per heavy atom. The van der Waals surface area contributed by atoms with Crippen LogP contribution in [0.5, 0.6) is 0 Å². The van der Waals surface area contributed by atoms with Gasteiger partial charge in [-0.1, -0.05) is 54.6 Å². The van der Waals surface area contributed by atoms with Crippen molar-refractivity contribution in [2.75, 3.05) is 0 Å². The minimum Gasteiger partial charge on any atom is -0.309 e. The number of hydrogen-bond acceptors (Lipinski definition) is 1. The monoisotopic (exact) mass is 363 g/mol. The van der Waals surface area contributed by atoms with Crippen LogP contribution in [-0.2, 0) is 0 Å². The molecule has 0 saturated carbocycles. The van der Waals surface area contributed by atoms with Crippen molar-refractivity contribution in [1.82, 2.24) is 4.57 Å². The molecule has 0 unspecified atom stereocenters. The second-order valence-electron chi connectivity index (χ2n) is 7.06. The van der Waals surface area contributed by atoms with Crippen LogP contribution < -0.4 is 0 Å². The highest BCUT2D eigenvalue weighted by Gasteiger charge is 2.18. The Hall–Kier alpha value is -3.10. The van der Waals surface area contributed by atoms with Crippen LogP contribution in [0, 0.1) is 6.92 Å². The first-order valence-corrected chi connectivity index (χ1v) is 10.0. The van der Waals surface area contributed by atoms with Gasteiger partial charge in [0.05, 0.1) is 11.0 Å². The van der Waals surface area contributed by atoms with Crippen molar-refractivity contribution in [2.45, 2.75) is 6.92 Å². The third kappa shape index (κ3) is 1.99. The summed E-state index contributed by atoms with van der Waals surface area (Å²) in [5.41, 5.74) is 5.15. The van der Waals surface area contributed by atoms with E-state index in [4.69, 9.17) is 0 Å². The van der Waals surface area contributed by atoms with Crippen LogP contribution in [0.4, 0.5) is 0 Å². The maximum absolute atomic E-state index is 2.40. The lowest BCUT2D eigenvalue weighted by molar-refractivity contribution is 1.18. The third-order valence-corrected chi connectivity index (χ3v) is 6.68. The van der Waals surface area contributed by atoms with Crippen molar-refractivity contribution in [1.29, 1.82) is 0 Å². The maximum atomic E-state index is 2.40. The van der Waals surface area contributed by atoms with Crippen LogP contribution in [0.3, 0.4) is 0 Å². The molecule has 6 aromatic rings. The normalized spacial score (nSPS) is 11.9. The van der Waals surface area contributed by atoms with Gasteiger partial charge >= 0.3 is 0 Å². The fraction of sp³-hybridized carbons (Fsp3) is 0.0400. The van der Waals surface area contributed by atoms with Crippen molar-refractivity contribution < 1.29 is 0 Å². The van der Waals surface area contributed by atoms with E-state index in [1.54, 1.807) is 0 Å². The zero-order chi connectivity index (χ0) is 18.0. The van der Waals surface area contributed by atoms with Gasteiger partial charge in [0, 0.05) is 36.6 Å². The van der Waals surface area contributed by atoms with Crippen molar-refractivity contribution in [3.8, 4) is 5.69 Å². The molecular weight excluding hydrogens is 346 g/mol. The molecule has 0 aliphatic heterocycles. The van der Waals surface area contributed by atoms with Crippen molar-refractivity contribution >= 4 is 53.3 Å². The molecule has 0 aliphatic rings. The van der Waals surface area contributed by atoms with Gasteiger partial charge in [-0.15, -0.1) is 11.3 Å². The van der Waals surface area contributed by atoms with E-state index in [0.717, 1.165) is 0 Å². The van der Waals surface area contributed by atoms with Gasteiger partial charge in [0.25, 0.3) is 0 Å². The van der Waals surface area contributed by atoms with Gasteiger partial charge in [-0.05, 0) is 42.8 Å². The van der Waals surface area contributed by atoms with Gasteiger partial charge in [0.2, 0.25) is 0 Å². The number of nitrogens with zero attached hydrogens (tertiary/aromatic N) is 1. The molecule has 2 heteroatoms. The van der Waals surface area contributed by atoms with Gasteiger partial charge in [-0.25, -0.2) is 0 Å². The molecule has 0 spiro atoms. The molecule has 2 heterocycles. The first-order valence-electron chi connectivity index (χ1n) is 9.22. The van der Waals surface area contributed by atoms with Gasteiger partial charge in [-0.2, -0.15) is 0 Å². The number of aromatic nitrogens is 1. The van der Waals surface area contributed by atoms with Crippen molar-refractivity contribution in [3.05, 3.63) is 90.5 Å². The van der Waals surface area contributed by atoms with Gasteiger partial charge in [-0.3, -0.25) is 0 Å². The number of rotatable bonds is 1. The van der Waals surface area contributed by atoms with Crippen molar-refractivity contribution in [2.24, 2.45) is 0 Å². The van der Waals surface area contributed by atoms with Crippen LogP contribution >= 0.6 is 11.3 Å². The average molecular weight is 363 g/mol. The standard InChI is InChI=1S/C25H17NS/c1-16-24-18-11-5-7-13-20(18)26(17-9-3-2-4-10-17)21(24)15-23-25(16)19-12-6-8-14-22(19)27-23/h2-15H,1H3. The van der Waals surface area contributed by atoms with Crippen LogP contribution in [0.1, 0.15) is 5.56 Å². The number of fused-ring (bicyclic) bond motifs is 6. The largest absolute Gasteiger partial charge is 0.309 e. The summed E-state index contributed by atoms with van der Waals surface area (Å²) in [7, 11) is 0. The molecule has 4 aromatic carbocycles. The van der Waals surface area contributed by atoms with E-state index in [0.29, 0.717) is 0 Å². The van der Waals surface area contributed by atoms with Crippen LogP contribution in [-0.4, -0.2) is 4.57 Å². The molecule has 0 bridgehead atoms. The lowest BCUT2D eigenvalue weighted by Crippen LogP contribution is -1.93. The second-order valence-corrected chi connectivity index (χ2v) is 8.14. The van der Waals surface area contributed by atoms with Gasteiger partial charge < -0.3 is 4.57 Å². The molecule has 2 aromatic heterocycles. The summed E-state index contributed by atoms with van der Waals surface area (Å²) in [5.74, 6) is 0. The quantitative estimate of drug-likeness (QED) is 0.286. The molecule has 0 amide bonds. The van der Waals surface area contributed by atoms with E-state index in [2.05, 4.69) is 96.4 Å². The molecule has 0 fully saturated rings. The highest BCUT2D eigenvalue weighted by Crippen LogP contribution is 2.43. The summed E-state index contributed by atoms with van der Waals surface area (Å²) in [4.78, 5) is 0.